The Bertz CT molecular complexity index is 537. The molecule has 0 N–H and O–H groups in total. The van der Waals surface area contributed by atoms with Crippen molar-refractivity contribution >= 4 is 29.0 Å². The van der Waals surface area contributed by atoms with Gasteiger partial charge in [-0.1, -0.05) is 17.8 Å². The Morgan fingerprint density at radius 3 is 2.95 bits per heavy atom. The summed E-state index contributed by atoms with van der Waals surface area (Å²) in [6.45, 7) is 1.83. The molecule has 0 radical (unpaired) electrons. The van der Waals surface area contributed by atoms with Crippen molar-refractivity contribution < 1.29 is 9.21 Å². The number of thioether (sulfide) groups is 1. The minimum atomic E-state index is -0.231. The van der Waals surface area contributed by atoms with Crippen LogP contribution in [-0.2, 0) is 11.2 Å². The first-order chi connectivity index (χ1) is 9.06. The van der Waals surface area contributed by atoms with E-state index in [1.54, 1.807) is 30.3 Å². The molecule has 102 valence electrons. The number of hydrogen-bond donors (Lipinski definition) is 0. The first-order valence-corrected chi connectivity index (χ1v) is 7.55. The number of nitrogens with zero attached hydrogens (tertiary/aromatic N) is 3. The van der Waals surface area contributed by atoms with Crippen LogP contribution in [-0.4, -0.2) is 40.3 Å². The molecule has 2 heterocycles. The molecule has 0 spiro atoms. The second-order valence-electron chi connectivity index (χ2n) is 4.21. The zero-order valence-electron chi connectivity index (χ0n) is 11.0. The van der Waals surface area contributed by atoms with Crippen molar-refractivity contribution in [3.05, 3.63) is 28.3 Å². The highest BCUT2D eigenvalue weighted by atomic mass is 32.2. The Kier molecular flexibility index (Phi) is 4.60. The molecule has 2 aromatic heterocycles. The van der Waals surface area contributed by atoms with Crippen LogP contribution in [0.4, 0.5) is 0 Å². The largest absolute Gasteiger partial charge is 0.416 e. The van der Waals surface area contributed by atoms with Gasteiger partial charge in [0.05, 0.1) is 11.7 Å². The van der Waals surface area contributed by atoms with Crippen molar-refractivity contribution in [2.24, 2.45) is 0 Å². The van der Waals surface area contributed by atoms with E-state index in [0.717, 1.165) is 0 Å². The molecule has 7 heteroatoms. The fourth-order valence-electron chi connectivity index (χ4n) is 1.48. The molecular formula is C12H15N3O2S2. The number of rotatable bonds is 5. The van der Waals surface area contributed by atoms with Crippen molar-refractivity contribution in [2.45, 2.75) is 23.8 Å². The Morgan fingerprint density at radius 1 is 1.53 bits per heavy atom. The van der Waals surface area contributed by atoms with Gasteiger partial charge in [0.1, 0.15) is 0 Å². The maximum atomic E-state index is 11.7. The van der Waals surface area contributed by atoms with E-state index in [1.165, 1.54) is 16.6 Å². The second kappa shape index (κ2) is 6.21. The van der Waals surface area contributed by atoms with Gasteiger partial charge in [0, 0.05) is 19.0 Å². The number of amides is 1. The summed E-state index contributed by atoms with van der Waals surface area (Å²) in [5, 5.41) is 10.2. The molecule has 1 unspecified atom stereocenters. The van der Waals surface area contributed by atoms with Crippen LogP contribution in [0.3, 0.4) is 0 Å². The molecule has 1 amide bonds. The summed E-state index contributed by atoms with van der Waals surface area (Å²) in [5.41, 5.74) is 0. The van der Waals surface area contributed by atoms with E-state index in [9.17, 15) is 4.79 Å². The first-order valence-electron chi connectivity index (χ1n) is 5.79. The van der Waals surface area contributed by atoms with Crippen molar-refractivity contribution in [2.75, 3.05) is 14.1 Å². The van der Waals surface area contributed by atoms with E-state index in [2.05, 4.69) is 10.2 Å². The van der Waals surface area contributed by atoms with Crippen LogP contribution in [0.5, 0.6) is 0 Å². The predicted molar refractivity (Wildman–Crippen MR) is 75.4 cm³/mol. The van der Waals surface area contributed by atoms with Crippen LogP contribution in [0.2, 0.25) is 0 Å². The van der Waals surface area contributed by atoms with E-state index < -0.39 is 0 Å². The number of carbonyl (C=O) groups excluding carboxylic acids is 1. The fraction of sp³-hybridized carbons (Fsp3) is 0.417. The highest BCUT2D eigenvalue weighted by molar-refractivity contribution is 8.00. The molecule has 0 bridgehead atoms. The topological polar surface area (TPSA) is 59.2 Å². The molecule has 0 aromatic carbocycles. The third-order valence-electron chi connectivity index (χ3n) is 2.42. The lowest BCUT2D eigenvalue weighted by Crippen LogP contribution is -2.29. The van der Waals surface area contributed by atoms with E-state index in [1.807, 2.05) is 24.4 Å². The number of carbonyl (C=O) groups is 1. The van der Waals surface area contributed by atoms with Gasteiger partial charge in [-0.15, -0.1) is 21.5 Å². The molecule has 0 fully saturated rings. The smallest absolute Gasteiger partial charge is 0.277 e. The number of thiophene rings is 1. The summed E-state index contributed by atoms with van der Waals surface area (Å²) < 4.78 is 5.53. The predicted octanol–water partition coefficient (Wildman–Crippen LogP) is 2.29. The van der Waals surface area contributed by atoms with Gasteiger partial charge < -0.3 is 9.32 Å². The lowest BCUT2D eigenvalue weighted by molar-refractivity contribution is -0.127. The highest BCUT2D eigenvalue weighted by Gasteiger charge is 2.19. The van der Waals surface area contributed by atoms with Crippen molar-refractivity contribution in [1.29, 1.82) is 0 Å². The maximum Gasteiger partial charge on any atom is 0.277 e. The summed E-state index contributed by atoms with van der Waals surface area (Å²) in [5.74, 6) is 0.609. The van der Waals surface area contributed by atoms with E-state index in [-0.39, 0.29) is 11.2 Å². The van der Waals surface area contributed by atoms with Crippen molar-refractivity contribution in [3.63, 3.8) is 0 Å². The zero-order valence-corrected chi connectivity index (χ0v) is 12.6. The summed E-state index contributed by atoms with van der Waals surface area (Å²) in [6, 6.07) is 4.02. The summed E-state index contributed by atoms with van der Waals surface area (Å²) >= 11 is 2.94. The lowest BCUT2D eigenvalue weighted by Gasteiger charge is -2.14. The van der Waals surface area contributed by atoms with Gasteiger partial charge >= 0.3 is 0 Å². The minimum absolute atomic E-state index is 0.0306. The van der Waals surface area contributed by atoms with Gasteiger partial charge in [-0.3, -0.25) is 4.79 Å². The zero-order chi connectivity index (χ0) is 13.8. The van der Waals surface area contributed by atoms with E-state index in [0.29, 0.717) is 17.5 Å². The van der Waals surface area contributed by atoms with Crippen molar-refractivity contribution in [3.8, 4) is 0 Å². The number of aromatic nitrogens is 2. The molecule has 19 heavy (non-hydrogen) atoms. The van der Waals surface area contributed by atoms with Crippen LogP contribution in [0.15, 0.2) is 27.2 Å². The van der Waals surface area contributed by atoms with Gasteiger partial charge in [0.15, 0.2) is 0 Å². The Morgan fingerprint density at radius 2 is 2.32 bits per heavy atom. The van der Waals surface area contributed by atoms with Crippen LogP contribution in [0, 0.1) is 0 Å². The molecule has 1 atom stereocenters. The monoisotopic (exact) mass is 297 g/mol. The van der Waals surface area contributed by atoms with E-state index in [4.69, 9.17) is 4.42 Å². The Balaban J connectivity index is 1.95. The second-order valence-corrected chi connectivity index (χ2v) is 6.53. The third-order valence-corrected chi connectivity index (χ3v) is 4.22. The van der Waals surface area contributed by atoms with Crippen LogP contribution in [0.25, 0.3) is 0 Å². The van der Waals surface area contributed by atoms with Gasteiger partial charge in [-0.25, -0.2) is 0 Å². The van der Waals surface area contributed by atoms with Gasteiger partial charge in [-0.2, -0.15) is 0 Å². The summed E-state index contributed by atoms with van der Waals surface area (Å²) in [4.78, 5) is 14.5. The molecular weight excluding hydrogens is 282 g/mol. The molecule has 2 aromatic rings. The van der Waals surface area contributed by atoms with Crippen molar-refractivity contribution in [1.82, 2.24) is 15.1 Å². The molecule has 0 aliphatic rings. The van der Waals surface area contributed by atoms with Gasteiger partial charge in [0.25, 0.3) is 5.22 Å². The molecule has 0 aliphatic carbocycles. The minimum Gasteiger partial charge on any atom is -0.416 e. The Labute approximate surface area is 120 Å². The SMILES string of the molecule is CC(Sc1nnc(Cc2cccs2)o1)C(=O)N(C)C. The lowest BCUT2D eigenvalue weighted by atomic mass is 10.3. The highest BCUT2D eigenvalue weighted by Crippen LogP contribution is 2.24. The van der Waals surface area contributed by atoms with Crippen LogP contribution < -0.4 is 0 Å². The molecule has 0 saturated carbocycles. The van der Waals surface area contributed by atoms with Crippen LogP contribution in [0.1, 0.15) is 17.7 Å². The standard InChI is InChI=1S/C12H15N3O2S2/c1-8(11(16)15(2)3)19-12-14-13-10(17-12)7-9-5-4-6-18-9/h4-6,8H,7H2,1-3H3. The molecule has 2 rings (SSSR count). The Hall–Kier alpha value is -1.34. The molecule has 5 nitrogen and oxygen atoms in total. The third kappa shape index (κ3) is 3.81. The molecule has 0 aliphatic heterocycles. The number of hydrogen-bond acceptors (Lipinski definition) is 6. The van der Waals surface area contributed by atoms with Crippen LogP contribution >= 0.6 is 23.1 Å². The molecule has 0 saturated heterocycles. The van der Waals surface area contributed by atoms with Gasteiger partial charge in [-0.05, 0) is 18.4 Å². The average molecular weight is 297 g/mol. The summed E-state index contributed by atoms with van der Waals surface area (Å²) in [7, 11) is 3.46. The maximum absolute atomic E-state index is 11.7. The van der Waals surface area contributed by atoms with E-state index >= 15 is 0 Å². The average Bonchev–Trinajstić information content (AvgIpc) is 3.00. The quantitative estimate of drug-likeness (QED) is 0.793. The normalized spacial score (nSPS) is 12.4. The first kappa shape index (κ1) is 14.1. The fourth-order valence-corrected chi connectivity index (χ4v) is 3.03. The summed E-state index contributed by atoms with van der Waals surface area (Å²) in [6.07, 6.45) is 0.640. The van der Waals surface area contributed by atoms with Gasteiger partial charge in [0.2, 0.25) is 11.8 Å².